The topological polar surface area (TPSA) is 38.2 Å². The lowest BCUT2D eigenvalue weighted by molar-refractivity contribution is 0.233. The van der Waals surface area contributed by atoms with Gasteiger partial charge in [0.2, 0.25) is 0 Å². The van der Waals surface area contributed by atoms with Crippen LogP contribution in [0.2, 0.25) is 0 Å². The Kier molecular flexibility index (Phi) is 10.3. The van der Waals surface area contributed by atoms with Crippen molar-refractivity contribution in [1.82, 2.24) is 8.75 Å². The first-order valence-corrected chi connectivity index (χ1v) is 18.4. The van der Waals surface area contributed by atoms with Crippen LogP contribution in [0.4, 0.5) is 5.69 Å². The van der Waals surface area contributed by atoms with Crippen LogP contribution in [0.15, 0.2) is 84.9 Å². The van der Waals surface area contributed by atoms with Crippen molar-refractivity contribution in [2.24, 2.45) is 5.92 Å². The van der Waals surface area contributed by atoms with E-state index >= 15 is 0 Å². The van der Waals surface area contributed by atoms with Crippen molar-refractivity contribution in [3.05, 3.63) is 84.9 Å². The van der Waals surface area contributed by atoms with Gasteiger partial charge in [-0.3, -0.25) is 0 Å². The molecule has 3 aromatic carbocycles. The molecule has 45 heavy (non-hydrogen) atoms. The molecule has 0 amide bonds. The van der Waals surface area contributed by atoms with E-state index in [1.54, 1.807) is 11.3 Å². The van der Waals surface area contributed by atoms with Crippen LogP contribution in [0.1, 0.15) is 52.9 Å². The van der Waals surface area contributed by atoms with Crippen molar-refractivity contribution < 1.29 is 4.74 Å². The van der Waals surface area contributed by atoms with Gasteiger partial charge in [-0.25, -0.2) is 0 Å². The van der Waals surface area contributed by atoms with Gasteiger partial charge in [-0.15, -0.1) is 22.7 Å². The number of benzene rings is 3. The highest BCUT2D eigenvalue weighted by Gasteiger charge is 2.17. The van der Waals surface area contributed by atoms with E-state index in [1.165, 1.54) is 73.7 Å². The lowest BCUT2D eigenvalue weighted by Crippen LogP contribution is -2.17. The van der Waals surface area contributed by atoms with E-state index in [9.17, 15) is 0 Å². The summed E-state index contributed by atoms with van der Waals surface area (Å²) in [6.45, 7) is 8.58. The summed E-state index contributed by atoms with van der Waals surface area (Å²) in [5.74, 6) is 1.58. The average Bonchev–Trinajstić information content (AvgIpc) is 3.87. The van der Waals surface area contributed by atoms with E-state index in [0.717, 1.165) is 47.5 Å². The van der Waals surface area contributed by atoms with Crippen molar-refractivity contribution >= 4 is 51.1 Å². The fourth-order valence-electron chi connectivity index (χ4n) is 5.71. The maximum atomic E-state index is 6.14. The molecule has 0 spiro atoms. The minimum Gasteiger partial charge on any atom is -0.493 e. The number of thiophene rings is 2. The van der Waals surface area contributed by atoms with Crippen molar-refractivity contribution in [2.45, 2.75) is 52.9 Å². The number of fused-ring (bicyclic) bond motifs is 1. The smallest absolute Gasteiger partial charge is 0.119 e. The number of rotatable bonds is 14. The summed E-state index contributed by atoms with van der Waals surface area (Å²) >= 11 is 4.90. The predicted octanol–water partition coefficient (Wildman–Crippen LogP) is 11.9. The van der Waals surface area contributed by atoms with E-state index in [4.69, 9.17) is 13.5 Å². The Morgan fingerprint density at radius 3 is 1.76 bits per heavy atom. The third-order valence-corrected chi connectivity index (χ3v) is 11.3. The second-order valence-electron chi connectivity index (χ2n) is 11.7. The summed E-state index contributed by atoms with van der Waals surface area (Å²) in [4.78, 5) is 7.22. The molecule has 3 heterocycles. The first-order valence-electron chi connectivity index (χ1n) is 16.1. The van der Waals surface area contributed by atoms with Gasteiger partial charge >= 0.3 is 0 Å². The van der Waals surface area contributed by atoms with Crippen LogP contribution < -0.4 is 9.64 Å². The fraction of sp³-hybridized carbons (Fsp3) is 0.316. The molecular weight excluding hydrogens is 611 g/mol. The maximum absolute atomic E-state index is 6.14. The largest absolute Gasteiger partial charge is 0.493 e. The van der Waals surface area contributed by atoms with Crippen LogP contribution in [0.5, 0.6) is 5.75 Å². The van der Waals surface area contributed by atoms with E-state index in [2.05, 4.69) is 118 Å². The lowest BCUT2D eigenvalue weighted by Gasteiger charge is -2.18. The molecule has 4 nitrogen and oxygen atoms in total. The summed E-state index contributed by atoms with van der Waals surface area (Å²) in [5, 5.41) is 0. The molecule has 0 radical (unpaired) electrons. The molecule has 3 aromatic heterocycles. The van der Waals surface area contributed by atoms with Crippen LogP contribution in [-0.2, 0) is 0 Å². The standard InChI is InChI=1S/C38H41N3OS3/c1-5-8-9-26(7-3)25-42-30-16-12-28(13-17-30)34-21-23-36(44-34)32-19-18-31(37-38(32)40-45-39-37)35-22-20-33(43-35)27-10-14-29(15-11-27)41(4)24-6-2/h10-23,26H,5-9,24-25H2,1-4H3. The monoisotopic (exact) mass is 651 g/mol. The molecule has 0 saturated carbocycles. The Balaban J connectivity index is 1.18. The Bertz CT molecular complexity index is 1820. The maximum Gasteiger partial charge on any atom is 0.119 e. The quantitative estimate of drug-likeness (QED) is 0.117. The van der Waals surface area contributed by atoms with Crippen molar-refractivity contribution in [3.63, 3.8) is 0 Å². The van der Waals surface area contributed by atoms with Gasteiger partial charge in [-0.05, 0) is 90.6 Å². The van der Waals surface area contributed by atoms with Gasteiger partial charge in [-0.2, -0.15) is 8.75 Å². The molecule has 1 atom stereocenters. The number of aromatic nitrogens is 2. The highest BCUT2D eigenvalue weighted by Crippen LogP contribution is 2.42. The second kappa shape index (κ2) is 14.7. The Labute approximate surface area is 279 Å². The van der Waals surface area contributed by atoms with E-state index < -0.39 is 0 Å². The van der Waals surface area contributed by atoms with Crippen LogP contribution in [0.25, 0.3) is 52.8 Å². The van der Waals surface area contributed by atoms with Crippen molar-refractivity contribution in [3.8, 4) is 47.5 Å². The lowest BCUT2D eigenvalue weighted by atomic mass is 10.0. The average molecular weight is 652 g/mol. The minimum atomic E-state index is 0.629. The number of hydrogen-bond acceptors (Lipinski definition) is 7. The number of anilines is 1. The third kappa shape index (κ3) is 7.16. The van der Waals surface area contributed by atoms with Crippen LogP contribution in [0, 0.1) is 5.92 Å². The van der Waals surface area contributed by atoms with Gasteiger partial charge in [0.25, 0.3) is 0 Å². The molecule has 0 saturated heterocycles. The molecule has 0 fully saturated rings. The fourth-order valence-corrected chi connectivity index (χ4v) is 8.36. The third-order valence-electron chi connectivity index (χ3n) is 8.48. The molecule has 7 heteroatoms. The van der Waals surface area contributed by atoms with Crippen LogP contribution in [0.3, 0.4) is 0 Å². The minimum absolute atomic E-state index is 0.629. The summed E-state index contributed by atoms with van der Waals surface area (Å²) in [5.41, 5.74) is 7.93. The highest BCUT2D eigenvalue weighted by molar-refractivity contribution is 7.19. The van der Waals surface area contributed by atoms with Crippen LogP contribution >= 0.6 is 34.4 Å². The molecule has 0 aliphatic rings. The zero-order chi connectivity index (χ0) is 31.2. The number of unbranched alkanes of at least 4 members (excludes halogenated alkanes) is 1. The predicted molar refractivity (Wildman–Crippen MR) is 197 cm³/mol. The summed E-state index contributed by atoms with van der Waals surface area (Å²) < 4.78 is 15.7. The SMILES string of the molecule is CCCCC(CC)COc1ccc(-c2ccc(-c3ccc(-c4ccc(-c5ccc(N(C)CCC)cc5)s4)c4nsnc34)s2)cc1. The van der Waals surface area contributed by atoms with Gasteiger partial charge in [0, 0.05) is 49.9 Å². The number of hydrogen-bond donors (Lipinski definition) is 0. The first kappa shape index (κ1) is 31.5. The number of ether oxygens (including phenoxy) is 1. The van der Waals surface area contributed by atoms with Crippen molar-refractivity contribution in [1.29, 1.82) is 0 Å². The Morgan fingerprint density at radius 2 is 1.22 bits per heavy atom. The van der Waals surface area contributed by atoms with Gasteiger partial charge in [0.1, 0.15) is 16.8 Å². The zero-order valence-electron chi connectivity index (χ0n) is 26.6. The van der Waals surface area contributed by atoms with Crippen LogP contribution in [-0.4, -0.2) is 28.9 Å². The molecule has 0 aliphatic carbocycles. The van der Waals surface area contributed by atoms with Gasteiger partial charge in [0.05, 0.1) is 18.3 Å². The molecule has 0 bridgehead atoms. The summed E-state index contributed by atoms with van der Waals surface area (Å²) in [7, 11) is 2.15. The molecule has 6 aromatic rings. The van der Waals surface area contributed by atoms with Gasteiger partial charge in [0.15, 0.2) is 0 Å². The molecule has 0 aliphatic heterocycles. The number of nitrogens with zero attached hydrogens (tertiary/aromatic N) is 3. The second-order valence-corrected chi connectivity index (χ2v) is 14.4. The Hall–Kier alpha value is -3.52. The molecule has 6 rings (SSSR count). The Morgan fingerprint density at radius 1 is 0.667 bits per heavy atom. The molecule has 0 N–H and O–H groups in total. The summed E-state index contributed by atoms with van der Waals surface area (Å²) in [6, 6.07) is 30.7. The van der Waals surface area contributed by atoms with E-state index in [1.807, 2.05) is 11.3 Å². The molecular formula is C38H41N3OS3. The first-order chi connectivity index (χ1) is 22.1. The van der Waals surface area contributed by atoms with Gasteiger partial charge in [-0.1, -0.05) is 64.3 Å². The highest BCUT2D eigenvalue weighted by atomic mass is 32.1. The zero-order valence-corrected chi connectivity index (χ0v) is 29.0. The van der Waals surface area contributed by atoms with Crippen molar-refractivity contribution in [2.75, 3.05) is 25.1 Å². The summed E-state index contributed by atoms with van der Waals surface area (Å²) in [6.07, 6.45) is 6.06. The van der Waals surface area contributed by atoms with E-state index in [-0.39, 0.29) is 0 Å². The normalized spacial score (nSPS) is 12.1. The van der Waals surface area contributed by atoms with E-state index in [0.29, 0.717) is 5.92 Å². The molecule has 1 unspecified atom stereocenters. The molecule has 232 valence electrons. The van der Waals surface area contributed by atoms with Gasteiger partial charge < -0.3 is 9.64 Å².